The molecule has 206 valence electrons. The van der Waals surface area contributed by atoms with Gasteiger partial charge in [-0.3, -0.25) is 0 Å². The van der Waals surface area contributed by atoms with Gasteiger partial charge in [-0.15, -0.1) is 0 Å². The summed E-state index contributed by atoms with van der Waals surface area (Å²) in [6, 6.07) is 29.6. The second-order valence-corrected chi connectivity index (χ2v) is 9.20. The number of carbonyl (C=O) groups is 1. The maximum absolute atomic E-state index is 12.5. The molecular formula is C32H36O7. The Morgan fingerprint density at radius 2 is 1.26 bits per heavy atom. The van der Waals surface area contributed by atoms with Crippen molar-refractivity contribution in [2.45, 2.75) is 57.5 Å². The number of esters is 1. The van der Waals surface area contributed by atoms with Crippen LogP contribution in [0.1, 0.15) is 23.6 Å². The predicted octanol–water partition coefficient (Wildman–Crippen LogP) is 5.23. The molecule has 0 aliphatic carbocycles. The fourth-order valence-corrected chi connectivity index (χ4v) is 4.43. The van der Waals surface area contributed by atoms with Crippen LogP contribution in [-0.2, 0) is 53.0 Å². The van der Waals surface area contributed by atoms with Crippen molar-refractivity contribution in [2.75, 3.05) is 13.7 Å². The summed E-state index contributed by atoms with van der Waals surface area (Å²) in [5.41, 5.74) is 3.03. The molecule has 0 unspecified atom stereocenters. The molecule has 1 saturated heterocycles. The second kappa shape index (κ2) is 15.3. The molecule has 0 N–H and O–H groups in total. The van der Waals surface area contributed by atoms with Crippen molar-refractivity contribution < 1.29 is 33.2 Å². The van der Waals surface area contributed by atoms with E-state index >= 15 is 0 Å². The number of ether oxygens (including phenoxy) is 6. The van der Waals surface area contributed by atoms with Crippen molar-refractivity contribution in [3.63, 3.8) is 0 Å². The highest BCUT2D eigenvalue weighted by Crippen LogP contribution is 2.31. The Hall–Kier alpha value is -3.33. The summed E-state index contributed by atoms with van der Waals surface area (Å²) in [6.45, 7) is 3.01. The van der Waals surface area contributed by atoms with Gasteiger partial charge in [0.1, 0.15) is 18.3 Å². The average Bonchev–Trinajstić information content (AvgIpc) is 2.97. The third kappa shape index (κ3) is 8.58. The minimum Gasteiger partial charge on any atom is -0.451 e. The minimum atomic E-state index is -0.873. The van der Waals surface area contributed by atoms with Crippen molar-refractivity contribution in [3.05, 3.63) is 120 Å². The van der Waals surface area contributed by atoms with Gasteiger partial charge in [-0.25, -0.2) is 4.79 Å². The molecule has 7 nitrogen and oxygen atoms in total. The van der Waals surface area contributed by atoms with E-state index in [1.165, 1.54) is 13.2 Å². The third-order valence-electron chi connectivity index (χ3n) is 6.34. The van der Waals surface area contributed by atoms with E-state index in [9.17, 15) is 4.79 Å². The van der Waals surface area contributed by atoms with E-state index in [0.717, 1.165) is 16.7 Å². The molecule has 1 aliphatic heterocycles. The van der Waals surface area contributed by atoms with E-state index in [0.29, 0.717) is 19.8 Å². The van der Waals surface area contributed by atoms with E-state index in [1.54, 1.807) is 13.0 Å². The zero-order valence-electron chi connectivity index (χ0n) is 22.4. The van der Waals surface area contributed by atoms with Crippen molar-refractivity contribution in [1.82, 2.24) is 0 Å². The van der Waals surface area contributed by atoms with Gasteiger partial charge in [0.25, 0.3) is 0 Å². The highest BCUT2D eigenvalue weighted by molar-refractivity contribution is 5.82. The van der Waals surface area contributed by atoms with E-state index in [-0.39, 0.29) is 6.61 Å². The van der Waals surface area contributed by atoms with Crippen LogP contribution in [-0.4, -0.2) is 50.4 Å². The molecule has 0 aromatic heterocycles. The number of benzene rings is 3. The van der Waals surface area contributed by atoms with E-state index < -0.39 is 36.7 Å². The lowest BCUT2D eigenvalue weighted by molar-refractivity contribution is -0.315. The number of methoxy groups -OCH3 is 1. The first kappa shape index (κ1) is 28.7. The molecule has 0 radical (unpaired) electrons. The van der Waals surface area contributed by atoms with Gasteiger partial charge < -0.3 is 28.4 Å². The number of rotatable bonds is 13. The Balaban J connectivity index is 1.58. The van der Waals surface area contributed by atoms with Crippen LogP contribution in [0, 0.1) is 0 Å². The Morgan fingerprint density at radius 3 is 1.77 bits per heavy atom. The molecule has 7 heteroatoms. The Bertz CT molecular complexity index is 1140. The summed E-state index contributed by atoms with van der Waals surface area (Å²) in [7, 11) is 1.52. The minimum absolute atomic E-state index is 0.231. The maximum atomic E-state index is 12.5. The summed E-state index contributed by atoms with van der Waals surface area (Å²) in [4.78, 5) is 12.5. The van der Waals surface area contributed by atoms with Crippen molar-refractivity contribution in [1.29, 1.82) is 0 Å². The van der Waals surface area contributed by atoms with E-state index in [4.69, 9.17) is 28.4 Å². The molecule has 39 heavy (non-hydrogen) atoms. The number of allylic oxidation sites excluding steroid dienone is 1. The number of carbonyl (C=O) groups excluding carboxylic acids is 1. The summed E-state index contributed by atoms with van der Waals surface area (Å²) >= 11 is 0. The van der Waals surface area contributed by atoms with Gasteiger partial charge in [0.05, 0.1) is 26.4 Å². The van der Waals surface area contributed by atoms with Crippen molar-refractivity contribution in [2.24, 2.45) is 0 Å². The highest BCUT2D eigenvalue weighted by Gasteiger charge is 2.50. The molecule has 4 rings (SSSR count). The average molecular weight is 533 g/mol. The van der Waals surface area contributed by atoms with Gasteiger partial charge in [0.2, 0.25) is 0 Å². The molecular weight excluding hydrogens is 496 g/mol. The molecule has 0 bridgehead atoms. The van der Waals surface area contributed by atoms with Crippen LogP contribution in [0.5, 0.6) is 0 Å². The standard InChI is InChI=1S/C32H36O7/c1-3-13-28(33)39-31-30(37-22-26-18-11-6-12-19-26)29(36-21-25-16-9-5-10-17-25)27(38-32(31)34-2)23-35-20-24-14-7-4-8-15-24/h3-19,27,29-32H,20-23H2,1-2H3/b13-3+/t27-,29-,30+,31+,32+/m1/s1. The molecule has 1 heterocycles. The van der Waals surface area contributed by atoms with E-state index in [2.05, 4.69) is 0 Å². The van der Waals surface area contributed by atoms with Gasteiger partial charge >= 0.3 is 5.97 Å². The lowest BCUT2D eigenvalue weighted by Gasteiger charge is -2.45. The van der Waals surface area contributed by atoms with Crippen LogP contribution in [0.25, 0.3) is 0 Å². The zero-order chi connectivity index (χ0) is 27.3. The Kier molecular flexibility index (Phi) is 11.3. The van der Waals surface area contributed by atoms with Gasteiger partial charge in [0, 0.05) is 13.2 Å². The summed E-state index contributed by atoms with van der Waals surface area (Å²) in [5, 5.41) is 0. The van der Waals surface area contributed by atoms with Gasteiger partial charge in [-0.05, 0) is 23.6 Å². The SMILES string of the molecule is C/C=C/C(=O)O[C@@H]1[C@@H](OC)O[C@H](COCc2ccccc2)[C@@H](OCc2ccccc2)[C@@H]1OCc1ccccc1. The third-order valence-corrected chi connectivity index (χ3v) is 6.34. The lowest BCUT2D eigenvalue weighted by Crippen LogP contribution is -2.62. The van der Waals surface area contributed by atoms with Gasteiger partial charge in [-0.2, -0.15) is 0 Å². The Morgan fingerprint density at radius 1 is 0.744 bits per heavy atom. The highest BCUT2D eigenvalue weighted by atomic mass is 16.7. The molecule has 1 fully saturated rings. The monoisotopic (exact) mass is 532 g/mol. The van der Waals surface area contributed by atoms with Crippen LogP contribution in [0.2, 0.25) is 0 Å². The van der Waals surface area contributed by atoms with Crippen LogP contribution in [0.3, 0.4) is 0 Å². The smallest absolute Gasteiger partial charge is 0.330 e. The summed E-state index contributed by atoms with van der Waals surface area (Å²) in [6.07, 6.45) is -0.602. The molecule has 3 aromatic carbocycles. The van der Waals surface area contributed by atoms with Crippen molar-refractivity contribution >= 4 is 5.97 Å². The van der Waals surface area contributed by atoms with Crippen LogP contribution in [0.15, 0.2) is 103 Å². The van der Waals surface area contributed by atoms with Crippen LogP contribution in [0.4, 0.5) is 0 Å². The topological polar surface area (TPSA) is 72.5 Å². The lowest BCUT2D eigenvalue weighted by atomic mass is 9.98. The molecule has 1 aliphatic rings. The fraction of sp³-hybridized carbons (Fsp3) is 0.344. The largest absolute Gasteiger partial charge is 0.451 e. The number of hydrogen-bond donors (Lipinski definition) is 0. The van der Waals surface area contributed by atoms with Gasteiger partial charge in [0.15, 0.2) is 12.4 Å². The molecule has 0 spiro atoms. The van der Waals surface area contributed by atoms with Crippen LogP contribution >= 0.6 is 0 Å². The zero-order valence-corrected chi connectivity index (χ0v) is 22.4. The maximum Gasteiger partial charge on any atom is 0.330 e. The predicted molar refractivity (Wildman–Crippen MR) is 146 cm³/mol. The molecule has 0 amide bonds. The number of hydrogen-bond acceptors (Lipinski definition) is 7. The summed E-state index contributed by atoms with van der Waals surface area (Å²) in [5.74, 6) is -0.512. The Labute approximate surface area is 230 Å². The molecule has 0 saturated carbocycles. The first-order valence-electron chi connectivity index (χ1n) is 13.1. The summed E-state index contributed by atoms with van der Waals surface area (Å²) < 4.78 is 36.7. The van der Waals surface area contributed by atoms with Gasteiger partial charge in [-0.1, -0.05) is 97.1 Å². The fourth-order valence-electron chi connectivity index (χ4n) is 4.43. The van der Waals surface area contributed by atoms with E-state index in [1.807, 2.05) is 91.0 Å². The molecule has 5 atom stereocenters. The van der Waals surface area contributed by atoms with Crippen LogP contribution < -0.4 is 0 Å². The normalized spacial score (nSPS) is 23.1. The first-order valence-corrected chi connectivity index (χ1v) is 13.1. The quantitative estimate of drug-likeness (QED) is 0.220. The van der Waals surface area contributed by atoms with Crippen molar-refractivity contribution in [3.8, 4) is 0 Å². The molecule has 3 aromatic rings. The first-order chi connectivity index (χ1) is 19.2. The second-order valence-electron chi connectivity index (χ2n) is 9.20.